The van der Waals surface area contributed by atoms with E-state index < -0.39 is 5.97 Å². The Labute approximate surface area is 128 Å². The van der Waals surface area contributed by atoms with Crippen LogP contribution in [0.25, 0.3) is 5.69 Å². The summed E-state index contributed by atoms with van der Waals surface area (Å²) < 4.78 is 0. The molecule has 1 heterocycles. The van der Waals surface area contributed by atoms with Gasteiger partial charge in [0.05, 0.1) is 12.3 Å². The highest BCUT2D eigenvalue weighted by molar-refractivity contribution is 5.91. The summed E-state index contributed by atoms with van der Waals surface area (Å²) in [7, 11) is 0. The van der Waals surface area contributed by atoms with E-state index in [4.69, 9.17) is 5.11 Å². The zero-order valence-corrected chi connectivity index (χ0v) is 12.7. The molecule has 0 aliphatic carbocycles. The van der Waals surface area contributed by atoms with Gasteiger partial charge in [0, 0.05) is 13.1 Å². The predicted octanol–water partition coefficient (Wildman–Crippen LogP) is 1.35. The van der Waals surface area contributed by atoms with Gasteiger partial charge in [-0.1, -0.05) is 19.1 Å². The fraction of sp³-hybridized carbons (Fsp3) is 0.400. The molecule has 0 bridgehead atoms. The predicted molar refractivity (Wildman–Crippen MR) is 82.7 cm³/mol. The van der Waals surface area contributed by atoms with E-state index in [1.165, 1.54) is 10.4 Å². The van der Waals surface area contributed by atoms with Gasteiger partial charge in [0.2, 0.25) is 5.69 Å². The van der Waals surface area contributed by atoms with Gasteiger partial charge in [-0.2, -0.15) is 0 Å². The monoisotopic (exact) mass is 304 g/mol. The van der Waals surface area contributed by atoms with Crippen LogP contribution in [0.2, 0.25) is 0 Å². The number of likely N-dealkylation sites (N-methyl/N-ethyl adjacent to an activating group) is 1. The maximum absolute atomic E-state index is 11.4. The second-order valence-corrected chi connectivity index (χ2v) is 4.79. The highest BCUT2D eigenvalue weighted by Gasteiger charge is 2.22. The number of hydrogen-bond donors (Lipinski definition) is 2. The number of anilines is 1. The van der Waals surface area contributed by atoms with Crippen molar-refractivity contribution in [2.75, 3.05) is 24.6 Å². The fourth-order valence-electron chi connectivity index (χ4n) is 2.17. The van der Waals surface area contributed by atoms with Gasteiger partial charge in [-0.05, 0) is 31.0 Å². The minimum absolute atomic E-state index is 0.0784. The highest BCUT2D eigenvalue weighted by atomic mass is 16.4. The van der Waals surface area contributed by atoms with Crippen LogP contribution in [0.3, 0.4) is 0 Å². The van der Waals surface area contributed by atoms with E-state index in [1.807, 2.05) is 31.2 Å². The van der Waals surface area contributed by atoms with E-state index in [0.29, 0.717) is 18.8 Å². The number of carbonyl (C=O) groups is 1. The first-order valence-electron chi connectivity index (χ1n) is 7.26. The Bertz CT molecular complexity index is 637. The summed E-state index contributed by atoms with van der Waals surface area (Å²) in [5.74, 6) is -0.869. The van der Waals surface area contributed by atoms with Gasteiger partial charge >= 0.3 is 5.97 Å². The molecule has 0 aliphatic heterocycles. The summed E-state index contributed by atoms with van der Waals surface area (Å²) in [5, 5.41) is 26.8. The number of aliphatic hydroxyl groups excluding tert-OH is 1. The fourth-order valence-corrected chi connectivity index (χ4v) is 2.17. The molecular formula is C15H20N4O3. The molecular weight excluding hydrogens is 284 g/mol. The molecule has 22 heavy (non-hydrogen) atoms. The lowest BCUT2D eigenvalue weighted by Crippen LogP contribution is -2.28. The maximum atomic E-state index is 11.4. The quantitative estimate of drug-likeness (QED) is 0.802. The molecule has 0 amide bonds. The molecule has 2 aromatic rings. The third-order valence-electron chi connectivity index (χ3n) is 3.43. The van der Waals surface area contributed by atoms with Crippen LogP contribution < -0.4 is 4.90 Å². The van der Waals surface area contributed by atoms with E-state index >= 15 is 0 Å². The van der Waals surface area contributed by atoms with E-state index in [1.54, 1.807) is 4.90 Å². The summed E-state index contributed by atoms with van der Waals surface area (Å²) in [5.41, 5.74) is 1.77. The Morgan fingerprint density at radius 3 is 2.41 bits per heavy atom. The number of aromatic carboxylic acids is 1. The Balaban J connectivity index is 2.42. The molecule has 7 nitrogen and oxygen atoms in total. The molecule has 1 aromatic heterocycles. The Kier molecular flexibility index (Phi) is 5.11. The number of carboxylic acids is 1. The van der Waals surface area contributed by atoms with Gasteiger partial charge in [-0.25, -0.2) is 4.79 Å². The third-order valence-corrected chi connectivity index (χ3v) is 3.43. The zero-order chi connectivity index (χ0) is 16.1. The molecule has 0 radical (unpaired) electrons. The molecule has 0 saturated heterocycles. The molecule has 0 aliphatic rings. The lowest BCUT2D eigenvalue weighted by molar-refractivity contribution is 0.0690. The zero-order valence-electron chi connectivity index (χ0n) is 12.7. The average Bonchev–Trinajstić information content (AvgIpc) is 2.98. The number of hydrogen-bond acceptors (Lipinski definition) is 5. The van der Waals surface area contributed by atoms with Crippen LogP contribution in [0.4, 0.5) is 5.82 Å². The molecule has 1 aromatic carbocycles. The van der Waals surface area contributed by atoms with Crippen molar-refractivity contribution in [2.24, 2.45) is 0 Å². The number of aromatic nitrogens is 3. The van der Waals surface area contributed by atoms with E-state index in [-0.39, 0.29) is 18.1 Å². The van der Waals surface area contributed by atoms with Gasteiger partial charge < -0.3 is 15.1 Å². The molecule has 2 N–H and O–H groups in total. The second-order valence-electron chi connectivity index (χ2n) is 4.79. The molecule has 7 heteroatoms. The number of rotatable bonds is 7. The first-order valence-corrected chi connectivity index (χ1v) is 7.26. The number of nitrogens with zero attached hydrogens (tertiary/aromatic N) is 4. The Hall–Kier alpha value is -2.41. The summed E-state index contributed by atoms with van der Waals surface area (Å²) in [4.78, 5) is 14.4. The molecule has 0 fully saturated rings. The lowest BCUT2D eigenvalue weighted by Gasteiger charge is -2.18. The van der Waals surface area contributed by atoms with Crippen molar-refractivity contribution >= 4 is 11.8 Å². The second kappa shape index (κ2) is 7.04. The van der Waals surface area contributed by atoms with Crippen LogP contribution in [0.1, 0.15) is 29.9 Å². The molecule has 0 spiro atoms. The standard InChI is InChI=1S/C15H20N4O3/c1-3-11-5-7-12(8-6-11)19-16-13(15(21)22)14(17-19)18(4-2)9-10-20/h5-8,20H,3-4,9-10H2,1-2H3,(H,21,22). The van der Waals surface area contributed by atoms with Gasteiger partial charge in [0.1, 0.15) is 0 Å². The molecule has 2 rings (SSSR count). The summed E-state index contributed by atoms with van der Waals surface area (Å²) >= 11 is 0. The number of carboxylic acid groups (broad SMARTS) is 1. The molecule has 0 saturated carbocycles. The van der Waals surface area contributed by atoms with E-state index in [0.717, 1.165) is 6.42 Å². The summed E-state index contributed by atoms with van der Waals surface area (Å²) in [6.07, 6.45) is 0.929. The van der Waals surface area contributed by atoms with Crippen LogP contribution in [0.5, 0.6) is 0 Å². The van der Waals surface area contributed by atoms with Gasteiger partial charge in [0.15, 0.2) is 5.82 Å². The van der Waals surface area contributed by atoms with E-state index in [9.17, 15) is 9.90 Å². The first-order chi connectivity index (χ1) is 10.6. The topological polar surface area (TPSA) is 91.5 Å². The molecule has 0 atom stereocenters. The minimum Gasteiger partial charge on any atom is -0.476 e. The smallest absolute Gasteiger partial charge is 0.360 e. The minimum atomic E-state index is -1.14. The van der Waals surface area contributed by atoms with Crippen molar-refractivity contribution in [2.45, 2.75) is 20.3 Å². The van der Waals surface area contributed by atoms with Crippen molar-refractivity contribution in [3.05, 3.63) is 35.5 Å². The van der Waals surface area contributed by atoms with Gasteiger partial charge in [0.25, 0.3) is 0 Å². The first kappa shape index (κ1) is 16.0. The highest BCUT2D eigenvalue weighted by Crippen LogP contribution is 2.18. The Morgan fingerprint density at radius 2 is 1.91 bits per heavy atom. The lowest BCUT2D eigenvalue weighted by atomic mass is 10.2. The SMILES string of the molecule is CCc1ccc(-n2nc(C(=O)O)c(N(CC)CCO)n2)cc1. The van der Waals surface area contributed by atoms with Crippen LogP contribution in [-0.4, -0.2) is 50.9 Å². The van der Waals surface area contributed by atoms with Crippen molar-refractivity contribution in [3.8, 4) is 5.69 Å². The van der Waals surface area contributed by atoms with Crippen molar-refractivity contribution in [1.82, 2.24) is 15.0 Å². The molecule has 0 unspecified atom stereocenters. The van der Waals surface area contributed by atoms with Crippen molar-refractivity contribution in [1.29, 1.82) is 0 Å². The summed E-state index contributed by atoms with van der Waals surface area (Å²) in [6.45, 7) is 4.70. The van der Waals surface area contributed by atoms with Crippen LogP contribution in [0, 0.1) is 0 Å². The third kappa shape index (κ3) is 3.25. The van der Waals surface area contributed by atoms with Crippen molar-refractivity contribution < 1.29 is 15.0 Å². The average molecular weight is 304 g/mol. The van der Waals surface area contributed by atoms with E-state index in [2.05, 4.69) is 17.1 Å². The maximum Gasteiger partial charge on any atom is 0.360 e. The number of aliphatic hydroxyl groups is 1. The summed E-state index contributed by atoms with van der Waals surface area (Å²) in [6, 6.07) is 7.64. The Morgan fingerprint density at radius 1 is 1.23 bits per heavy atom. The van der Waals surface area contributed by atoms with Gasteiger partial charge in [-0.3, -0.25) is 0 Å². The molecule has 118 valence electrons. The normalized spacial score (nSPS) is 10.7. The number of benzene rings is 1. The van der Waals surface area contributed by atoms with Crippen LogP contribution >= 0.6 is 0 Å². The largest absolute Gasteiger partial charge is 0.476 e. The van der Waals surface area contributed by atoms with Crippen molar-refractivity contribution in [3.63, 3.8) is 0 Å². The van der Waals surface area contributed by atoms with Gasteiger partial charge in [-0.15, -0.1) is 15.0 Å². The van der Waals surface area contributed by atoms with Crippen LogP contribution in [-0.2, 0) is 6.42 Å². The number of aryl methyl sites for hydroxylation is 1. The van der Waals surface area contributed by atoms with Crippen LogP contribution in [0.15, 0.2) is 24.3 Å².